The van der Waals surface area contributed by atoms with Gasteiger partial charge in [-0.2, -0.15) is 0 Å². The van der Waals surface area contributed by atoms with E-state index in [1.807, 2.05) is 38.1 Å². The number of nitrogens with zero attached hydrogens (tertiary/aromatic N) is 1. The predicted octanol–water partition coefficient (Wildman–Crippen LogP) is 3.83. The maximum atomic E-state index is 12.4. The van der Waals surface area contributed by atoms with Gasteiger partial charge >= 0.3 is 0 Å². The minimum atomic E-state index is -0.256. The Balaban J connectivity index is 2.03. The first-order chi connectivity index (χ1) is 12.6. The van der Waals surface area contributed by atoms with Crippen molar-refractivity contribution in [2.75, 3.05) is 25.5 Å². The average molecular weight is 352 g/mol. The molecule has 5 nitrogen and oxygen atoms in total. The monoisotopic (exact) mass is 352 g/mol. The number of ether oxygens (including phenoxy) is 1. The van der Waals surface area contributed by atoms with Crippen molar-refractivity contribution in [3.8, 4) is 5.75 Å². The Hall–Kier alpha value is -3.08. The van der Waals surface area contributed by atoms with E-state index in [4.69, 9.17) is 4.74 Å². The Labute approximate surface area is 154 Å². The number of hydrogen-bond donors (Lipinski definition) is 1. The van der Waals surface area contributed by atoms with Crippen molar-refractivity contribution in [3.63, 3.8) is 0 Å². The molecule has 2 amide bonds. The molecule has 0 aliphatic rings. The summed E-state index contributed by atoms with van der Waals surface area (Å²) in [6.45, 7) is 5.18. The molecule has 0 heterocycles. The number of nitrogens with one attached hydrogen (secondary N) is 1. The van der Waals surface area contributed by atoms with Crippen LogP contribution in [0.15, 0.2) is 54.6 Å². The molecule has 2 rings (SSSR count). The first-order valence-electron chi connectivity index (χ1n) is 8.59. The standard InChI is InChI=1S/C21H24N2O3/c1-4-23(5-2)21(25)17-7-6-8-18(15-17)22-20(24)14-11-16-9-12-19(26-3)13-10-16/h6-15H,4-5H2,1-3H3,(H,22,24)/b14-11+. The maximum absolute atomic E-state index is 12.4. The fraction of sp³-hybridized carbons (Fsp3) is 0.238. The lowest BCUT2D eigenvalue weighted by molar-refractivity contribution is -0.111. The van der Waals surface area contributed by atoms with E-state index in [0.29, 0.717) is 24.3 Å². The second-order valence-corrected chi connectivity index (χ2v) is 5.65. The van der Waals surface area contributed by atoms with Crippen LogP contribution in [-0.4, -0.2) is 36.9 Å². The number of anilines is 1. The molecule has 0 aliphatic carbocycles. The zero-order valence-corrected chi connectivity index (χ0v) is 15.4. The van der Waals surface area contributed by atoms with Gasteiger partial charge in [-0.1, -0.05) is 18.2 Å². The molecule has 0 radical (unpaired) electrons. The third kappa shape index (κ3) is 5.21. The van der Waals surface area contributed by atoms with Crippen molar-refractivity contribution in [2.45, 2.75) is 13.8 Å². The molecule has 26 heavy (non-hydrogen) atoms. The second-order valence-electron chi connectivity index (χ2n) is 5.65. The molecule has 2 aromatic carbocycles. The fourth-order valence-corrected chi connectivity index (χ4v) is 2.49. The van der Waals surface area contributed by atoms with Crippen molar-refractivity contribution in [2.24, 2.45) is 0 Å². The molecule has 0 fully saturated rings. The van der Waals surface area contributed by atoms with Gasteiger partial charge in [0.05, 0.1) is 7.11 Å². The van der Waals surface area contributed by atoms with Gasteiger partial charge in [0.2, 0.25) is 5.91 Å². The van der Waals surface area contributed by atoms with Crippen molar-refractivity contribution < 1.29 is 14.3 Å². The third-order valence-electron chi connectivity index (χ3n) is 3.97. The van der Waals surface area contributed by atoms with Crippen molar-refractivity contribution in [1.29, 1.82) is 0 Å². The highest BCUT2D eigenvalue weighted by Crippen LogP contribution is 2.14. The quantitative estimate of drug-likeness (QED) is 0.771. The number of rotatable bonds is 7. The van der Waals surface area contributed by atoms with Crippen LogP contribution in [-0.2, 0) is 4.79 Å². The molecule has 2 aromatic rings. The number of methoxy groups -OCH3 is 1. The zero-order chi connectivity index (χ0) is 18.9. The molecule has 1 N–H and O–H groups in total. The van der Waals surface area contributed by atoms with Crippen LogP contribution < -0.4 is 10.1 Å². The smallest absolute Gasteiger partial charge is 0.253 e. The zero-order valence-electron chi connectivity index (χ0n) is 15.4. The Bertz CT molecular complexity index is 778. The Morgan fingerprint density at radius 1 is 1.08 bits per heavy atom. The summed E-state index contributed by atoms with van der Waals surface area (Å²) in [6.07, 6.45) is 3.18. The molecule has 0 bridgehead atoms. The van der Waals surface area contributed by atoms with Crippen LogP contribution in [0.1, 0.15) is 29.8 Å². The molecular formula is C21H24N2O3. The molecule has 0 atom stereocenters. The SMILES string of the molecule is CCN(CC)C(=O)c1cccc(NC(=O)/C=C/c2ccc(OC)cc2)c1. The van der Waals surface area contributed by atoms with E-state index in [1.54, 1.807) is 42.4 Å². The molecule has 0 aliphatic heterocycles. The maximum Gasteiger partial charge on any atom is 0.253 e. The lowest BCUT2D eigenvalue weighted by Gasteiger charge is -2.18. The van der Waals surface area contributed by atoms with Gasteiger partial charge in [0, 0.05) is 30.4 Å². The third-order valence-corrected chi connectivity index (χ3v) is 3.97. The Kier molecular flexibility index (Phi) is 6.97. The summed E-state index contributed by atoms with van der Waals surface area (Å²) in [5.74, 6) is 0.467. The highest BCUT2D eigenvalue weighted by molar-refractivity contribution is 6.03. The first kappa shape index (κ1) is 19.2. The van der Waals surface area contributed by atoms with Crippen LogP contribution in [0.3, 0.4) is 0 Å². The molecule has 5 heteroatoms. The minimum Gasteiger partial charge on any atom is -0.497 e. The Morgan fingerprint density at radius 3 is 2.38 bits per heavy atom. The molecule has 136 valence electrons. The van der Waals surface area contributed by atoms with E-state index in [2.05, 4.69) is 5.32 Å². The molecule has 0 saturated carbocycles. The molecule has 0 aromatic heterocycles. The van der Waals surface area contributed by atoms with Gasteiger partial charge in [0.15, 0.2) is 0 Å². The molecule has 0 unspecified atom stereocenters. The summed E-state index contributed by atoms with van der Waals surface area (Å²) in [5, 5.41) is 2.78. The number of benzene rings is 2. The van der Waals surface area contributed by atoms with E-state index >= 15 is 0 Å². The predicted molar refractivity (Wildman–Crippen MR) is 104 cm³/mol. The van der Waals surface area contributed by atoms with Crippen LogP contribution in [0.5, 0.6) is 5.75 Å². The Morgan fingerprint density at radius 2 is 1.77 bits per heavy atom. The summed E-state index contributed by atoms with van der Waals surface area (Å²) >= 11 is 0. The van der Waals surface area contributed by atoms with Crippen LogP contribution in [0.4, 0.5) is 5.69 Å². The normalized spacial score (nSPS) is 10.6. The fourth-order valence-electron chi connectivity index (χ4n) is 2.49. The summed E-state index contributed by atoms with van der Waals surface area (Å²) < 4.78 is 5.10. The summed E-state index contributed by atoms with van der Waals surface area (Å²) in [7, 11) is 1.61. The largest absolute Gasteiger partial charge is 0.497 e. The van der Waals surface area contributed by atoms with Crippen LogP contribution in [0.25, 0.3) is 6.08 Å². The average Bonchev–Trinajstić information content (AvgIpc) is 2.68. The molecule has 0 saturated heterocycles. The van der Waals surface area contributed by atoms with Gasteiger partial charge in [-0.15, -0.1) is 0 Å². The van der Waals surface area contributed by atoms with Gasteiger partial charge in [-0.3, -0.25) is 9.59 Å². The van der Waals surface area contributed by atoms with Crippen molar-refractivity contribution >= 4 is 23.6 Å². The highest BCUT2D eigenvalue weighted by atomic mass is 16.5. The summed E-state index contributed by atoms with van der Waals surface area (Å²) in [4.78, 5) is 26.3. The van der Waals surface area contributed by atoms with Crippen LogP contribution in [0.2, 0.25) is 0 Å². The van der Waals surface area contributed by atoms with E-state index in [0.717, 1.165) is 11.3 Å². The highest BCUT2D eigenvalue weighted by Gasteiger charge is 2.12. The lowest BCUT2D eigenvalue weighted by Crippen LogP contribution is -2.30. The number of amides is 2. The number of carbonyl (C=O) groups excluding carboxylic acids is 2. The minimum absolute atomic E-state index is 0.0418. The number of carbonyl (C=O) groups is 2. The van der Waals surface area contributed by atoms with Gasteiger partial charge in [0.25, 0.3) is 5.91 Å². The molecular weight excluding hydrogens is 328 g/mol. The van der Waals surface area contributed by atoms with E-state index in [-0.39, 0.29) is 11.8 Å². The molecule has 0 spiro atoms. The van der Waals surface area contributed by atoms with Crippen LogP contribution in [0, 0.1) is 0 Å². The van der Waals surface area contributed by atoms with Crippen LogP contribution >= 0.6 is 0 Å². The van der Waals surface area contributed by atoms with Crippen molar-refractivity contribution in [1.82, 2.24) is 4.90 Å². The topological polar surface area (TPSA) is 58.6 Å². The van der Waals surface area contributed by atoms with E-state index < -0.39 is 0 Å². The van der Waals surface area contributed by atoms with Gasteiger partial charge in [-0.05, 0) is 55.8 Å². The second kappa shape index (κ2) is 9.42. The van der Waals surface area contributed by atoms with Crippen molar-refractivity contribution in [3.05, 3.63) is 65.7 Å². The van der Waals surface area contributed by atoms with E-state index in [9.17, 15) is 9.59 Å². The van der Waals surface area contributed by atoms with Gasteiger partial charge < -0.3 is 15.0 Å². The number of hydrogen-bond acceptors (Lipinski definition) is 3. The summed E-state index contributed by atoms with van der Waals surface area (Å²) in [5.41, 5.74) is 2.05. The van der Waals surface area contributed by atoms with Gasteiger partial charge in [-0.25, -0.2) is 0 Å². The van der Waals surface area contributed by atoms with E-state index in [1.165, 1.54) is 6.08 Å². The summed E-state index contributed by atoms with van der Waals surface area (Å²) in [6, 6.07) is 14.4. The van der Waals surface area contributed by atoms with Gasteiger partial charge in [0.1, 0.15) is 5.75 Å². The first-order valence-corrected chi connectivity index (χ1v) is 8.59. The lowest BCUT2D eigenvalue weighted by atomic mass is 10.1.